The maximum absolute atomic E-state index is 5.68. The summed E-state index contributed by atoms with van der Waals surface area (Å²) in [6.07, 6.45) is 3.35. The molecule has 2 N–H and O–H groups in total. The van der Waals surface area contributed by atoms with Gasteiger partial charge in [-0.25, -0.2) is 0 Å². The van der Waals surface area contributed by atoms with Crippen molar-refractivity contribution in [2.45, 2.75) is 40.0 Å². The summed E-state index contributed by atoms with van der Waals surface area (Å²) in [5.74, 6) is 0. The number of rotatable bonds is 3. The van der Waals surface area contributed by atoms with Gasteiger partial charge in [-0.2, -0.15) is 0 Å². The molecule has 0 spiro atoms. The Morgan fingerprint density at radius 2 is 1.89 bits per heavy atom. The Labute approximate surface area is 57.9 Å². The van der Waals surface area contributed by atoms with E-state index >= 15 is 0 Å². The van der Waals surface area contributed by atoms with Crippen LogP contribution in [0, 0.1) is 0 Å². The van der Waals surface area contributed by atoms with Gasteiger partial charge in [0.2, 0.25) is 0 Å². The Morgan fingerprint density at radius 1 is 1.33 bits per heavy atom. The van der Waals surface area contributed by atoms with E-state index in [1.54, 1.807) is 0 Å². The molecule has 1 nitrogen and oxygen atoms in total. The second-order valence-corrected chi connectivity index (χ2v) is 2.41. The van der Waals surface area contributed by atoms with Crippen LogP contribution in [-0.4, -0.2) is 0 Å². The number of allylic oxidation sites excluding steroid dienone is 2. The van der Waals surface area contributed by atoms with Crippen molar-refractivity contribution in [3.05, 3.63) is 11.3 Å². The summed E-state index contributed by atoms with van der Waals surface area (Å²) in [6.45, 7) is 6.38. The van der Waals surface area contributed by atoms with Crippen molar-refractivity contribution in [1.29, 1.82) is 0 Å². The molecule has 0 aliphatic rings. The van der Waals surface area contributed by atoms with E-state index in [0.29, 0.717) is 0 Å². The lowest BCUT2D eigenvalue weighted by atomic mass is 10.1. The fraction of sp³-hybridized carbons (Fsp3) is 0.750. The lowest BCUT2D eigenvalue weighted by molar-refractivity contribution is 0.867. The van der Waals surface area contributed by atoms with Gasteiger partial charge in [0.1, 0.15) is 0 Å². The monoisotopic (exact) mass is 127 g/mol. The van der Waals surface area contributed by atoms with Crippen LogP contribution in [0.2, 0.25) is 0 Å². The van der Waals surface area contributed by atoms with Crippen LogP contribution in [0.15, 0.2) is 11.3 Å². The molecular weight excluding hydrogens is 110 g/mol. The molecule has 0 aromatic carbocycles. The molecule has 0 aromatic heterocycles. The second kappa shape index (κ2) is 4.42. The van der Waals surface area contributed by atoms with E-state index in [1.165, 1.54) is 12.0 Å². The number of nitrogens with two attached hydrogens (primary N) is 1. The van der Waals surface area contributed by atoms with Crippen LogP contribution >= 0.6 is 0 Å². The fourth-order valence-electron chi connectivity index (χ4n) is 0.837. The highest BCUT2D eigenvalue weighted by Gasteiger charge is 1.91. The Morgan fingerprint density at radius 3 is 2.22 bits per heavy atom. The molecule has 0 saturated heterocycles. The molecule has 0 saturated carbocycles. The number of hydrogen-bond acceptors (Lipinski definition) is 1. The first kappa shape index (κ1) is 8.54. The van der Waals surface area contributed by atoms with Crippen molar-refractivity contribution in [3.8, 4) is 0 Å². The molecule has 0 amide bonds. The molecule has 0 atom stereocenters. The van der Waals surface area contributed by atoms with Crippen molar-refractivity contribution in [1.82, 2.24) is 0 Å². The highest BCUT2D eigenvalue weighted by molar-refractivity contribution is 5.07. The van der Waals surface area contributed by atoms with E-state index in [-0.39, 0.29) is 0 Å². The molecule has 0 rings (SSSR count). The first-order valence-corrected chi connectivity index (χ1v) is 3.66. The lowest BCUT2D eigenvalue weighted by Crippen LogP contribution is -1.98. The van der Waals surface area contributed by atoms with E-state index in [0.717, 1.165) is 18.5 Å². The van der Waals surface area contributed by atoms with Crippen LogP contribution in [-0.2, 0) is 0 Å². The third-order valence-electron chi connectivity index (χ3n) is 1.55. The minimum Gasteiger partial charge on any atom is -0.402 e. The largest absolute Gasteiger partial charge is 0.402 e. The molecular formula is C8H17N. The number of hydrogen-bond donors (Lipinski definition) is 1. The van der Waals surface area contributed by atoms with Gasteiger partial charge >= 0.3 is 0 Å². The summed E-state index contributed by atoms with van der Waals surface area (Å²) < 4.78 is 0. The first-order valence-electron chi connectivity index (χ1n) is 3.66. The minimum atomic E-state index is 0.992. The quantitative estimate of drug-likeness (QED) is 0.619. The summed E-state index contributed by atoms with van der Waals surface area (Å²) in [6, 6.07) is 0. The molecule has 0 bridgehead atoms. The minimum absolute atomic E-state index is 0.992. The van der Waals surface area contributed by atoms with Crippen LogP contribution in [0.1, 0.15) is 40.0 Å². The summed E-state index contributed by atoms with van der Waals surface area (Å²) >= 11 is 0. The van der Waals surface area contributed by atoms with E-state index < -0.39 is 0 Å². The van der Waals surface area contributed by atoms with E-state index in [4.69, 9.17) is 5.73 Å². The normalized spacial score (nSPS) is 13.2. The Bertz CT molecular complexity index is 103. The predicted molar refractivity (Wildman–Crippen MR) is 42.1 cm³/mol. The second-order valence-electron chi connectivity index (χ2n) is 2.41. The zero-order valence-corrected chi connectivity index (χ0v) is 6.70. The Hall–Kier alpha value is -0.460. The van der Waals surface area contributed by atoms with Gasteiger partial charge in [0.15, 0.2) is 0 Å². The maximum Gasteiger partial charge on any atom is 0.00667 e. The Kier molecular flexibility index (Phi) is 4.20. The topological polar surface area (TPSA) is 26.0 Å². The molecule has 0 radical (unpaired) electrons. The highest BCUT2D eigenvalue weighted by Crippen LogP contribution is 2.07. The SMILES string of the molecule is CCC/C(C)=C(/N)CC. The molecule has 0 heterocycles. The van der Waals surface area contributed by atoms with E-state index in [9.17, 15) is 0 Å². The van der Waals surface area contributed by atoms with Gasteiger partial charge in [-0.05, 0) is 19.8 Å². The smallest absolute Gasteiger partial charge is 0.00667 e. The molecule has 0 fully saturated rings. The van der Waals surface area contributed by atoms with Gasteiger partial charge in [-0.1, -0.05) is 25.8 Å². The van der Waals surface area contributed by atoms with Crippen molar-refractivity contribution in [3.63, 3.8) is 0 Å². The van der Waals surface area contributed by atoms with Crippen LogP contribution < -0.4 is 5.73 Å². The third kappa shape index (κ3) is 3.17. The Balaban J connectivity index is 3.78. The summed E-state index contributed by atoms with van der Waals surface area (Å²) in [7, 11) is 0. The lowest BCUT2D eigenvalue weighted by Gasteiger charge is -2.01. The third-order valence-corrected chi connectivity index (χ3v) is 1.55. The molecule has 0 aliphatic carbocycles. The zero-order valence-electron chi connectivity index (χ0n) is 6.70. The van der Waals surface area contributed by atoms with Crippen molar-refractivity contribution >= 4 is 0 Å². The average Bonchev–Trinajstić information content (AvgIpc) is 1.87. The maximum atomic E-state index is 5.68. The van der Waals surface area contributed by atoms with Gasteiger partial charge in [0.05, 0.1) is 0 Å². The van der Waals surface area contributed by atoms with Crippen LogP contribution in [0.3, 0.4) is 0 Å². The average molecular weight is 127 g/mol. The molecule has 54 valence electrons. The molecule has 9 heavy (non-hydrogen) atoms. The molecule has 0 unspecified atom stereocenters. The van der Waals surface area contributed by atoms with Crippen LogP contribution in [0.4, 0.5) is 0 Å². The summed E-state index contributed by atoms with van der Waals surface area (Å²) in [5.41, 5.74) is 8.11. The summed E-state index contributed by atoms with van der Waals surface area (Å²) in [4.78, 5) is 0. The van der Waals surface area contributed by atoms with Crippen LogP contribution in [0.5, 0.6) is 0 Å². The molecule has 0 aliphatic heterocycles. The van der Waals surface area contributed by atoms with Gasteiger partial charge in [-0.15, -0.1) is 0 Å². The van der Waals surface area contributed by atoms with Crippen molar-refractivity contribution in [2.75, 3.05) is 0 Å². The van der Waals surface area contributed by atoms with Crippen molar-refractivity contribution < 1.29 is 0 Å². The van der Waals surface area contributed by atoms with E-state index in [2.05, 4.69) is 20.8 Å². The first-order chi connectivity index (χ1) is 4.22. The van der Waals surface area contributed by atoms with Crippen LogP contribution in [0.25, 0.3) is 0 Å². The van der Waals surface area contributed by atoms with Gasteiger partial charge in [0.25, 0.3) is 0 Å². The van der Waals surface area contributed by atoms with Gasteiger partial charge < -0.3 is 5.73 Å². The predicted octanol–water partition coefficient (Wildman–Crippen LogP) is 2.43. The highest BCUT2D eigenvalue weighted by atomic mass is 14.6. The summed E-state index contributed by atoms with van der Waals surface area (Å²) in [5, 5.41) is 0. The van der Waals surface area contributed by atoms with Crippen molar-refractivity contribution in [2.24, 2.45) is 5.73 Å². The zero-order chi connectivity index (χ0) is 7.28. The van der Waals surface area contributed by atoms with Gasteiger partial charge in [-0.3, -0.25) is 0 Å². The van der Waals surface area contributed by atoms with E-state index in [1.807, 2.05) is 0 Å². The standard InChI is InChI=1S/C8H17N/c1-4-6-7(3)8(9)5-2/h4-6,9H2,1-3H3/b8-7+. The molecule has 1 heteroatoms. The molecule has 0 aromatic rings. The fourth-order valence-corrected chi connectivity index (χ4v) is 0.837. The van der Waals surface area contributed by atoms with Gasteiger partial charge in [0, 0.05) is 5.70 Å².